The van der Waals surface area contributed by atoms with E-state index in [0.29, 0.717) is 30.7 Å². The number of carbonyl (C=O) groups excluding carboxylic acids is 2. The summed E-state index contributed by atoms with van der Waals surface area (Å²) in [6.07, 6.45) is 1.92. The number of benzene rings is 2. The Bertz CT molecular complexity index is 1190. The summed E-state index contributed by atoms with van der Waals surface area (Å²) in [6, 6.07) is 11.2. The van der Waals surface area contributed by atoms with Crippen molar-refractivity contribution in [1.29, 1.82) is 0 Å². The van der Waals surface area contributed by atoms with Gasteiger partial charge < -0.3 is 15.0 Å². The third kappa shape index (κ3) is 7.67. The highest BCUT2D eigenvalue weighted by Crippen LogP contribution is 2.24. The van der Waals surface area contributed by atoms with Crippen molar-refractivity contribution >= 4 is 33.2 Å². The molecule has 2 aromatic carbocycles. The molecule has 0 unspecified atom stereocenters. The number of sulfonamides is 1. The molecule has 196 valence electrons. The number of ether oxygens (including phenoxy) is 1. The zero-order valence-corrected chi connectivity index (χ0v) is 21.7. The van der Waals surface area contributed by atoms with Gasteiger partial charge in [0.15, 0.2) is 0 Å². The monoisotopic (exact) mass is 520 g/mol. The van der Waals surface area contributed by atoms with E-state index in [4.69, 9.17) is 4.74 Å². The Morgan fingerprint density at radius 1 is 1.14 bits per heavy atom. The number of amides is 2. The van der Waals surface area contributed by atoms with Gasteiger partial charge in [-0.25, -0.2) is 8.42 Å². The van der Waals surface area contributed by atoms with Crippen molar-refractivity contribution < 1.29 is 27.7 Å². The van der Waals surface area contributed by atoms with Crippen LogP contribution in [0.15, 0.2) is 48.5 Å². The van der Waals surface area contributed by atoms with Gasteiger partial charge in [0.1, 0.15) is 18.3 Å². The Balaban J connectivity index is 2.47. The van der Waals surface area contributed by atoms with Crippen LogP contribution < -0.4 is 14.4 Å². The number of nitro benzene ring substituents is 1. The van der Waals surface area contributed by atoms with Crippen LogP contribution in [0.1, 0.15) is 32.3 Å². The number of nitrogens with one attached hydrogen (secondary N) is 1. The molecule has 2 rings (SSSR count). The van der Waals surface area contributed by atoms with Crippen molar-refractivity contribution in [1.82, 2.24) is 10.2 Å². The van der Waals surface area contributed by atoms with Gasteiger partial charge in [0.25, 0.3) is 5.69 Å². The van der Waals surface area contributed by atoms with Crippen LogP contribution in [0.2, 0.25) is 0 Å². The molecule has 0 aliphatic rings. The van der Waals surface area contributed by atoms with Crippen LogP contribution in [0, 0.1) is 10.1 Å². The summed E-state index contributed by atoms with van der Waals surface area (Å²) in [5, 5.41) is 14.0. The molecule has 12 heteroatoms. The van der Waals surface area contributed by atoms with E-state index in [0.717, 1.165) is 16.6 Å². The highest BCUT2D eigenvalue weighted by Gasteiger charge is 2.32. The molecule has 0 spiro atoms. The zero-order chi connectivity index (χ0) is 26.9. The molecule has 11 nitrogen and oxygen atoms in total. The second-order valence-corrected chi connectivity index (χ2v) is 10.0. The average molecular weight is 521 g/mol. The molecule has 0 saturated heterocycles. The maximum atomic E-state index is 13.6. The summed E-state index contributed by atoms with van der Waals surface area (Å²) in [5.74, 6) is -0.414. The minimum atomic E-state index is -4.00. The van der Waals surface area contributed by atoms with Gasteiger partial charge >= 0.3 is 0 Å². The Hall–Kier alpha value is -3.67. The molecule has 36 heavy (non-hydrogen) atoms. The lowest BCUT2D eigenvalue weighted by Gasteiger charge is -2.32. The molecule has 0 fully saturated rings. The van der Waals surface area contributed by atoms with E-state index in [1.54, 1.807) is 31.2 Å². The number of hydrogen-bond donors (Lipinski definition) is 1. The van der Waals surface area contributed by atoms with Gasteiger partial charge in [-0.1, -0.05) is 32.0 Å². The lowest BCUT2D eigenvalue weighted by Crippen LogP contribution is -2.52. The number of anilines is 1. The average Bonchev–Trinajstić information content (AvgIpc) is 2.85. The van der Waals surface area contributed by atoms with Crippen molar-refractivity contribution in [2.24, 2.45) is 0 Å². The molecule has 2 amide bonds. The first-order chi connectivity index (χ1) is 17.0. The second kappa shape index (κ2) is 12.9. The molecule has 1 N–H and O–H groups in total. The number of rotatable bonds is 13. The highest BCUT2D eigenvalue weighted by molar-refractivity contribution is 7.92. The molecule has 1 atom stereocenters. The van der Waals surface area contributed by atoms with Crippen LogP contribution in [0.5, 0.6) is 5.75 Å². The summed E-state index contributed by atoms with van der Waals surface area (Å²) in [4.78, 5) is 38.4. The van der Waals surface area contributed by atoms with Crippen LogP contribution >= 0.6 is 0 Å². The van der Waals surface area contributed by atoms with E-state index in [-0.39, 0.29) is 23.8 Å². The van der Waals surface area contributed by atoms with Gasteiger partial charge in [0, 0.05) is 25.2 Å². The van der Waals surface area contributed by atoms with Crippen LogP contribution in [-0.2, 0) is 26.2 Å². The van der Waals surface area contributed by atoms with Crippen LogP contribution in [0.3, 0.4) is 0 Å². The first kappa shape index (κ1) is 28.6. The number of methoxy groups -OCH3 is 1. The Morgan fingerprint density at radius 2 is 1.83 bits per heavy atom. The van der Waals surface area contributed by atoms with Crippen molar-refractivity contribution in [3.8, 4) is 5.75 Å². The topological polar surface area (TPSA) is 139 Å². The van der Waals surface area contributed by atoms with E-state index in [1.807, 2.05) is 6.92 Å². The fourth-order valence-electron chi connectivity index (χ4n) is 3.63. The van der Waals surface area contributed by atoms with Gasteiger partial charge in [-0.05, 0) is 36.6 Å². The normalized spacial score (nSPS) is 11.9. The summed E-state index contributed by atoms with van der Waals surface area (Å²) in [5.41, 5.74) is 0.350. The first-order valence-electron chi connectivity index (χ1n) is 11.4. The predicted octanol–water partition coefficient (Wildman–Crippen LogP) is 2.70. The molecule has 0 aromatic heterocycles. The highest BCUT2D eigenvalue weighted by atomic mass is 32.2. The molecule has 0 aliphatic heterocycles. The van der Waals surface area contributed by atoms with Gasteiger partial charge in [-0.2, -0.15) is 0 Å². The lowest BCUT2D eigenvalue weighted by atomic mass is 10.1. The summed E-state index contributed by atoms with van der Waals surface area (Å²) >= 11 is 0. The number of non-ortho nitro benzene ring substituents is 1. The van der Waals surface area contributed by atoms with Gasteiger partial charge in [-0.3, -0.25) is 24.0 Å². The van der Waals surface area contributed by atoms with Crippen molar-refractivity contribution in [2.45, 2.75) is 39.3 Å². The molecule has 0 radical (unpaired) electrons. The number of nitrogens with zero attached hydrogens (tertiary/aromatic N) is 3. The largest absolute Gasteiger partial charge is 0.497 e. The summed E-state index contributed by atoms with van der Waals surface area (Å²) < 4.78 is 31.3. The smallest absolute Gasteiger partial charge is 0.271 e. The van der Waals surface area contributed by atoms with Gasteiger partial charge in [0.2, 0.25) is 21.8 Å². The number of hydrogen-bond acceptors (Lipinski definition) is 7. The van der Waals surface area contributed by atoms with E-state index in [9.17, 15) is 28.1 Å². The number of carbonyl (C=O) groups is 2. The van der Waals surface area contributed by atoms with Crippen molar-refractivity contribution in [3.63, 3.8) is 0 Å². The van der Waals surface area contributed by atoms with E-state index < -0.39 is 33.4 Å². The molecule has 0 bridgehead atoms. The van der Waals surface area contributed by atoms with Crippen LogP contribution in [-0.4, -0.2) is 62.6 Å². The molecule has 0 saturated carbocycles. The van der Waals surface area contributed by atoms with Gasteiger partial charge in [0.05, 0.1) is 24.0 Å². The van der Waals surface area contributed by atoms with Crippen molar-refractivity contribution in [2.75, 3.05) is 30.8 Å². The fraction of sp³-hybridized carbons (Fsp3) is 0.417. The maximum Gasteiger partial charge on any atom is 0.271 e. The first-order valence-corrected chi connectivity index (χ1v) is 13.3. The van der Waals surface area contributed by atoms with E-state index >= 15 is 0 Å². The van der Waals surface area contributed by atoms with E-state index in [1.165, 1.54) is 30.2 Å². The molecular weight excluding hydrogens is 488 g/mol. The third-order valence-corrected chi connectivity index (χ3v) is 6.57. The van der Waals surface area contributed by atoms with Crippen LogP contribution in [0.25, 0.3) is 0 Å². The second-order valence-electron chi connectivity index (χ2n) is 8.13. The SMILES string of the molecule is CCCNC(=O)[C@H](CC)N(Cc1cccc(OC)c1)C(=O)CN(c1cccc([N+](=O)[O-])c1)S(C)(=O)=O. The Labute approximate surface area is 211 Å². The maximum absolute atomic E-state index is 13.6. The van der Waals surface area contributed by atoms with Crippen LogP contribution in [0.4, 0.5) is 11.4 Å². The molecule has 2 aromatic rings. The predicted molar refractivity (Wildman–Crippen MR) is 136 cm³/mol. The summed E-state index contributed by atoms with van der Waals surface area (Å²) in [7, 11) is -2.48. The molecule has 0 heterocycles. The third-order valence-electron chi connectivity index (χ3n) is 5.43. The standard InChI is InChI=1S/C24H32N4O7S/c1-5-13-25-24(30)22(6-2)26(16-18-9-7-12-21(14-18)35-3)23(29)17-27(36(4,33)34)19-10-8-11-20(15-19)28(31)32/h7-12,14-15,22H,5-6,13,16-17H2,1-4H3,(H,25,30)/t22-/m0/s1. The lowest BCUT2D eigenvalue weighted by molar-refractivity contribution is -0.384. The fourth-order valence-corrected chi connectivity index (χ4v) is 4.47. The minimum absolute atomic E-state index is 0.0233. The minimum Gasteiger partial charge on any atom is -0.497 e. The summed E-state index contributed by atoms with van der Waals surface area (Å²) in [6.45, 7) is 3.49. The number of nitro groups is 1. The van der Waals surface area contributed by atoms with Crippen molar-refractivity contribution in [3.05, 3.63) is 64.2 Å². The molecule has 0 aliphatic carbocycles. The Kier molecular flexibility index (Phi) is 10.2. The quantitative estimate of drug-likeness (QED) is 0.316. The Morgan fingerprint density at radius 3 is 2.42 bits per heavy atom. The van der Waals surface area contributed by atoms with Gasteiger partial charge in [-0.15, -0.1) is 0 Å². The molecular formula is C24H32N4O7S. The van der Waals surface area contributed by atoms with E-state index in [2.05, 4.69) is 5.32 Å². The zero-order valence-electron chi connectivity index (χ0n) is 20.8.